The maximum atomic E-state index is 12.2. The summed E-state index contributed by atoms with van der Waals surface area (Å²) in [6.07, 6.45) is -1.16. The standard InChI is InChI=1S/C26H45NO5S.Na/c1-17(4-9-24(29)27-14-15-33(30,31)32)21-7-8-22-20-6-5-18-16-19(28)10-12-25(18,2)23(20)11-13-26(21,22)3;/h17-23,28H,4-16H2,1-3H3,(H,27,29)(H,30,31,32);/q;+1/p-1/t17-,18-,19-,20+,21?,22+,23?,25+,26-;/m0./s1/i10D2,16D2,19D;. The summed E-state index contributed by atoms with van der Waals surface area (Å²) in [6, 6.07) is 0. The number of rotatable bonds is 7. The molecule has 0 saturated heterocycles. The third-order valence-electron chi connectivity index (χ3n) is 10.1. The second-order valence-electron chi connectivity index (χ2n) is 11.7. The Balaban J connectivity index is 0.00000420. The van der Waals surface area contributed by atoms with E-state index in [1.165, 1.54) is 0 Å². The van der Waals surface area contributed by atoms with Gasteiger partial charge in [-0.2, -0.15) is 0 Å². The van der Waals surface area contributed by atoms with Crippen LogP contribution in [0, 0.1) is 46.3 Å². The van der Waals surface area contributed by atoms with Gasteiger partial charge in [-0.05, 0) is 110 Å². The summed E-state index contributed by atoms with van der Waals surface area (Å²) >= 11 is 0. The average molecular weight is 511 g/mol. The fourth-order valence-corrected chi connectivity index (χ4v) is 8.73. The van der Waals surface area contributed by atoms with Crippen molar-refractivity contribution in [3.8, 4) is 0 Å². The van der Waals surface area contributed by atoms with Crippen LogP contribution in [0.15, 0.2) is 0 Å². The van der Waals surface area contributed by atoms with Gasteiger partial charge in [-0.1, -0.05) is 20.8 Å². The minimum atomic E-state index is -4.35. The molecule has 0 bridgehead atoms. The molecule has 0 aromatic carbocycles. The van der Waals surface area contributed by atoms with Gasteiger partial charge in [0.25, 0.3) is 0 Å². The van der Waals surface area contributed by atoms with Gasteiger partial charge in [0.15, 0.2) is 0 Å². The first kappa shape index (κ1) is 22.3. The smallest absolute Gasteiger partial charge is 0.748 e. The number of fused-ring (bicyclic) bond motifs is 5. The Bertz CT molecular complexity index is 1050. The molecular weight excluding hydrogens is 461 g/mol. The summed E-state index contributed by atoms with van der Waals surface area (Å²) in [5.74, 6) is 0.254. The molecule has 4 saturated carbocycles. The van der Waals surface area contributed by atoms with Crippen LogP contribution in [0.2, 0.25) is 0 Å². The Hall–Kier alpha value is 0.340. The second kappa shape index (κ2) is 11.0. The molecule has 0 aromatic rings. The van der Waals surface area contributed by atoms with Crippen LogP contribution in [0.1, 0.15) is 98.2 Å². The van der Waals surface area contributed by atoms with Gasteiger partial charge in [0, 0.05) is 18.4 Å². The summed E-state index contributed by atoms with van der Waals surface area (Å²) in [6.45, 7) is 6.38. The van der Waals surface area contributed by atoms with Crippen molar-refractivity contribution >= 4 is 16.0 Å². The van der Waals surface area contributed by atoms with Crippen LogP contribution < -0.4 is 34.9 Å². The number of aliphatic hydroxyl groups is 1. The summed E-state index contributed by atoms with van der Waals surface area (Å²) in [5.41, 5.74) is -0.538. The van der Waals surface area contributed by atoms with Crippen LogP contribution in [-0.4, -0.2) is 42.4 Å². The fourth-order valence-electron chi connectivity index (χ4n) is 8.38. The van der Waals surface area contributed by atoms with Gasteiger partial charge in [0.2, 0.25) is 5.91 Å². The molecule has 6 nitrogen and oxygen atoms in total. The fraction of sp³-hybridized carbons (Fsp3) is 0.962. The monoisotopic (exact) mass is 510 g/mol. The quantitative estimate of drug-likeness (QED) is 0.394. The maximum absolute atomic E-state index is 12.2. The van der Waals surface area contributed by atoms with E-state index in [2.05, 4.69) is 19.2 Å². The van der Waals surface area contributed by atoms with Gasteiger partial charge >= 0.3 is 29.6 Å². The summed E-state index contributed by atoms with van der Waals surface area (Å²) in [5, 5.41) is 13.2. The largest absolute Gasteiger partial charge is 1.00 e. The third-order valence-corrected chi connectivity index (χ3v) is 10.8. The van der Waals surface area contributed by atoms with E-state index in [0.29, 0.717) is 36.5 Å². The van der Waals surface area contributed by atoms with Crippen LogP contribution in [0.25, 0.3) is 0 Å². The predicted molar refractivity (Wildman–Crippen MR) is 127 cm³/mol. The van der Waals surface area contributed by atoms with Crippen LogP contribution in [0.5, 0.6) is 0 Å². The van der Waals surface area contributed by atoms with E-state index >= 15 is 0 Å². The second-order valence-corrected chi connectivity index (χ2v) is 13.2. The Labute approximate surface area is 235 Å². The molecule has 0 aliphatic heterocycles. The average Bonchev–Trinajstić information content (AvgIpc) is 3.12. The summed E-state index contributed by atoms with van der Waals surface area (Å²) < 4.78 is 74.8. The SMILES string of the molecule is [2H]C1([2H])C[C@@]2(C)C3CC[C@@]4(C)C([C@@H](C)CCC(=O)NCCS(=O)(=O)[O-])CC[C@@H]4[C@H]3CC[C@H]2C([2H])([2H])[C@@]1([2H])O.[Na+]. The van der Waals surface area contributed by atoms with Crippen LogP contribution in [-0.2, 0) is 14.9 Å². The molecule has 0 radical (unpaired) electrons. The molecule has 4 aliphatic carbocycles. The summed E-state index contributed by atoms with van der Waals surface area (Å²) in [4.78, 5) is 12.2. The first-order valence-corrected chi connectivity index (χ1v) is 14.3. The Morgan fingerprint density at radius 3 is 2.59 bits per heavy atom. The molecule has 9 atom stereocenters. The van der Waals surface area contributed by atoms with E-state index in [4.69, 9.17) is 6.85 Å². The number of carbonyl (C=O) groups is 1. The van der Waals surface area contributed by atoms with Gasteiger partial charge in [0.1, 0.15) is 0 Å². The van der Waals surface area contributed by atoms with Crippen molar-refractivity contribution in [1.29, 1.82) is 0 Å². The molecule has 4 rings (SSSR count). The van der Waals surface area contributed by atoms with Crippen LogP contribution in [0.4, 0.5) is 0 Å². The molecule has 1 amide bonds. The normalized spacial score (nSPS) is 49.8. The van der Waals surface area contributed by atoms with Gasteiger partial charge in [-0.25, -0.2) is 8.42 Å². The first-order chi connectivity index (χ1) is 17.3. The van der Waals surface area contributed by atoms with Crippen LogP contribution in [0.3, 0.4) is 0 Å². The van der Waals surface area contributed by atoms with E-state index in [1.54, 1.807) is 0 Å². The Kier molecular flexibility index (Phi) is 7.22. The van der Waals surface area contributed by atoms with E-state index in [0.717, 1.165) is 32.1 Å². The van der Waals surface area contributed by atoms with Gasteiger partial charge in [-0.3, -0.25) is 4.79 Å². The summed E-state index contributed by atoms with van der Waals surface area (Å²) in [7, 11) is -4.35. The van der Waals surface area contributed by atoms with Crippen LogP contribution >= 0.6 is 0 Å². The van der Waals surface area contributed by atoms with Crippen molar-refractivity contribution in [1.82, 2.24) is 5.32 Å². The van der Waals surface area contributed by atoms with E-state index in [9.17, 15) is 22.9 Å². The number of amides is 1. The molecular formula is C26H44NNaO5S. The number of nitrogens with one attached hydrogen (secondary N) is 1. The molecule has 190 valence electrons. The Morgan fingerprint density at radius 1 is 1.18 bits per heavy atom. The van der Waals surface area contributed by atoms with Gasteiger partial charge < -0.3 is 15.0 Å². The van der Waals surface area contributed by atoms with Gasteiger partial charge in [-0.15, -0.1) is 0 Å². The molecule has 8 heteroatoms. The minimum absolute atomic E-state index is 0. The predicted octanol–water partition coefficient (Wildman–Crippen LogP) is 1.09. The first-order valence-electron chi connectivity index (χ1n) is 15.2. The topological polar surface area (TPSA) is 107 Å². The zero-order valence-corrected chi connectivity index (χ0v) is 24.0. The van der Waals surface area contributed by atoms with Crippen molar-refractivity contribution in [3.63, 3.8) is 0 Å². The van der Waals surface area contributed by atoms with E-state index in [-0.39, 0.29) is 66.2 Å². The number of hydrogen-bond donors (Lipinski definition) is 2. The molecule has 0 heterocycles. The molecule has 2 unspecified atom stereocenters. The zero-order valence-electron chi connectivity index (χ0n) is 26.2. The molecule has 2 N–H and O–H groups in total. The molecule has 0 aromatic heterocycles. The van der Waals surface area contributed by atoms with E-state index in [1.807, 2.05) is 6.92 Å². The molecule has 0 spiro atoms. The maximum Gasteiger partial charge on any atom is 1.00 e. The Morgan fingerprint density at radius 2 is 1.88 bits per heavy atom. The minimum Gasteiger partial charge on any atom is -0.748 e. The van der Waals surface area contributed by atoms with Crippen molar-refractivity contribution in [3.05, 3.63) is 0 Å². The molecule has 4 fully saturated rings. The van der Waals surface area contributed by atoms with Crippen molar-refractivity contribution in [2.24, 2.45) is 46.3 Å². The van der Waals surface area contributed by atoms with Crippen molar-refractivity contribution in [2.45, 2.75) is 97.4 Å². The van der Waals surface area contributed by atoms with E-state index < -0.39 is 46.0 Å². The third kappa shape index (κ3) is 5.75. The van der Waals surface area contributed by atoms with Crippen molar-refractivity contribution in [2.75, 3.05) is 12.3 Å². The van der Waals surface area contributed by atoms with Gasteiger partial charge in [0.05, 0.1) is 23.3 Å². The molecule has 34 heavy (non-hydrogen) atoms. The molecule has 4 aliphatic rings. The zero-order chi connectivity index (χ0) is 28.5. The number of carbonyl (C=O) groups excluding carboxylic acids is 1. The number of hydrogen-bond acceptors (Lipinski definition) is 5. The van der Waals surface area contributed by atoms with Crippen molar-refractivity contribution < 1.29 is 59.3 Å².